The number of rotatable bonds is 13. The number of carbonyl (C=O) groups is 2. The number of fused-ring (bicyclic) bond motifs is 1. The Kier molecular flexibility index (Phi) is 11.3. The maximum atomic E-state index is 14.3. The summed E-state index contributed by atoms with van der Waals surface area (Å²) < 4.78 is 6.98. The van der Waals surface area contributed by atoms with E-state index < -0.39 is 36.4 Å². The second-order valence-electron chi connectivity index (χ2n) is 13.5. The number of hydrogen-bond donors (Lipinski definition) is 4. The molecule has 0 radical (unpaired) electrons. The number of anilines is 3. The number of phenolic OH excluding ortho intramolecular Hbond substituents is 1. The van der Waals surface area contributed by atoms with Crippen LogP contribution in [0, 0.1) is 17.8 Å². The lowest BCUT2D eigenvalue weighted by Crippen LogP contribution is -2.40. The summed E-state index contributed by atoms with van der Waals surface area (Å²) in [6.45, 7) is -0.365. The lowest BCUT2D eigenvalue weighted by molar-refractivity contribution is -0.123. The number of aliphatic hydroxyl groups is 2. The SMILES string of the molecule is O=C1[C@@H]2[C@@H](CC(COc3ccccc3)=C([C@H](O)CC/C(=C/c3cc(Br)ccc3O)c3ccccn3)[C@@H]2CO)C(=O)N1c1ccc(Nc2ccccc2)cc1. The van der Waals surface area contributed by atoms with E-state index in [1.54, 1.807) is 36.5 Å². The van der Waals surface area contributed by atoms with E-state index >= 15 is 0 Å². The van der Waals surface area contributed by atoms with Crippen LogP contribution in [0.3, 0.4) is 0 Å². The van der Waals surface area contributed by atoms with E-state index in [0.29, 0.717) is 40.3 Å². The number of amides is 2. The highest BCUT2D eigenvalue weighted by Crippen LogP contribution is 2.47. The number of imide groups is 1. The molecule has 54 heavy (non-hydrogen) atoms. The van der Waals surface area contributed by atoms with Crippen molar-refractivity contribution in [2.45, 2.75) is 25.4 Å². The van der Waals surface area contributed by atoms with Crippen LogP contribution in [-0.4, -0.2) is 51.4 Å². The second kappa shape index (κ2) is 16.6. The zero-order valence-electron chi connectivity index (χ0n) is 29.4. The first-order valence-corrected chi connectivity index (χ1v) is 18.7. The van der Waals surface area contributed by atoms with Gasteiger partial charge in [0.25, 0.3) is 0 Å². The van der Waals surface area contributed by atoms with Gasteiger partial charge >= 0.3 is 0 Å². The van der Waals surface area contributed by atoms with E-state index in [4.69, 9.17) is 4.74 Å². The number of allylic oxidation sites excluding steroid dienone is 1. The van der Waals surface area contributed by atoms with Gasteiger partial charge in [0.1, 0.15) is 18.1 Å². The Balaban J connectivity index is 1.18. The Bertz CT molecular complexity index is 2160. The average Bonchev–Trinajstić information content (AvgIpc) is 3.45. The quantitative estimate of drug-likeness (QED) is 0.0695. The van der Waals surface area contributed by atoms with E-state index in [1.807, 2.05) is 97.1 Å². The lowest BCUT2D eigenvalue weighted by Gasteiger charge is -2.36. The molecule has 2 amide bonds. The smallest absolute Gasteiger partial charge is 0.238 e. The summed E-state index contributed by atoms with van der Waals surface area (Å²) in [5, 5.41) is 37.0. The Labute approximate surface area is 322 Å². The fourth-order valence-electron chi connectivity index (χ4n) is 7.52. The fourth-order valence-corrected chi connectivity index (χ4v) is 7.90. The fraction of sp³-hybridized carbons (Fsp3) is 0.205. The van der Waals surface area contributed by atoms with Crippen LogP contribution in [0.2, 0.25) is 0 Å². The molecule has 0 spiro atoms. The molecular formula is C44H40BrN3O6. The molecule has 9 nitrogen and oxygen atoms in total. The van der Waals surface area contributed by atoms with Gasteiger partial charge in [0, 0.05) is 33.5 Å². The van der Waals surface area contributed by atoms with Crippen molar-refractivity contribution >= 4 is 56.5 Å². The Hall–Kier alpha value is -5.55. The van der Waals surface area contributed by atoms with Crippen molar-refractivity contribution in [1.82, 2.24) is 4.98 Å². The van der Waals surface area contributed by atoms with Gasteiger partial charge in [0.15, 0.2) is 0 Å². The van der Waals surface area contributed by atoms with Crippen LogP contribution in [0.25, 0.3) is 11.6 Å². The van der Waals surface area contributed by atoms with Crippen LogP contribution in [0.5, 0.6) is 11.5 Å². The van der Waals surface area contributed by atoms with Crippen LogP contribution in [0.4, 0.5) is 17.1 Å². The molecule has 1 aromatic heterocycles. The van der Waals surface area contributed by atoms with Crippen molar-refractivity contribution in [2.75, 3.05) is 23.4 Å². The molecule has 4 atom stereocenters. The van der Waals surface area contributed by atoms with Crippen molar-refractivity contribution in [2.24, 2.45) is 17.8 Å². The molecule has 4 N–H and O–H groups in total. The van der Waals surface area contributed by atoms with Gasteiger partial charge in [-0.15, -0.1) is 0 Å². The van der Waals surface area contributed by atoms with Crippen LogP contribution in [0.1, 0.15) is 30.5 Å². The number of halogens is 1. The first kappa shape index (κ1) is 36.8. The zero-order chi connectivity index (χ0) is 37.6. The Morgan fingerprint density at radius 1 is 0.907 bits per heavy atom. The van der Waals surface area contributed by atoms with Gasteiger partial charge in [0.2, 0.25) is 11.8 Å². The maximum absolute atomic E-state index is 14.3. The number of aliphatic hydroxyl groups excluding tert-OH is 2. The third-order valence-electron chi connectivity index (χ3n) is 10.1. The molecule has 1 saturated heterocycles. The standard InChI is InChI=1S/C44H40BrN3O6/c45-31-15-21-39(50)29(24-31)23-28(38-13-7-8-22-46-38)14-20-40(51)41-30(27-54-35-11-5-2-6-12-35)25-36-42(37(41)26-49)44(53)48(43(36)52)34-18-16-33(17-19-34)47-32-9-3-1-4-10-32/h1-13,15-19,21-24,36-37,40,42,47,49-51H,14,20,25-27H2/b28-23-/t36-,37+,40-,42-/m1/s1. The molecule has 274 valence electrons. The topological polar surface area (TPSA) is 132 Å². The number of aromatic hydroxyl groups is 1. The molecule has 7 rings (SSSR count). The molecule has 1 fully saturated rings. The summed E-state index contributed by atoms with van der Waals surface area (Å²) in [6, 6.07) is 36.8. The van der Waals surface area contributed by atoms with Gasteiger partial charge in [-0.2, -0.15) is 0 Å². The van der Waals surface area contributed by atoms with Crippen molar-refractivity contribution < 1.29 is 29.6 Å². The van der Waals surface area contributed by atoms with E-state index in [0.717, 1.165) is 21.4 Å². The summed E-state index contributed by atoms with van der Waals surface area (Å²) in [5.74, 6) is -2.43. The van der Waals surface area contributed by atoms with E-state index in [-0.39, 0.29) is 31.1 Å². The number of nitrogens with one attached hydrogen (secondary N) is 1. The number of nitrogens with zero attached hydrogens (tertiary/aromatic N) is 2. The number of ether oxygens (including phenoxy) is 1. The number of phenols is 1. The molecule has 2 heterocycles. The summed E-state index contributed by atoms with van der Waals surface area (Å²) in [4.78, 5) is 34.2. The van der Waals surface area contributed by atoms with Gasteiger partial charge in [-0.25, -0.2) is 0 Å². The van der Waals surface area contributed by atoms with Gasteiger partial charge in [-0.3, -0.25) is 19.5 Å². The number of hydrogen-bond acceptors (Lipinski definition) is 8. The molecule has 0 saturated carbocycles. The highest BCUT2D eigenvalue weighted by molar-refractivity contribution is 9.10. The van der Waals surface area contributed by atoms with Gasteiger partial charge in [0.05, 0.1) is 35.9 Å². The van der Waals surface area contributed by atoms with Crippen molar-refractivity contribution in [1.29, 1.82) is 0 Å². The number of para-hydroxylation sites is 2. The number of pyridine rings is 1. The Morgan fingerprint density at radius 3 is 2.31 bits per heavy atom. The molecule has 0 unspecified atom stereocenters. The molecule has 1 aliphatic heterocycles. The first-order valence-electron chi connectivity index (χ1n) is 17.9. The first-order chi connectivity index (χ1) is 26.3. The van der Waals surface area contributed by atoms with E-state index in [1.165, 1.54) is 4.90 Å². The van der Waals surface area contributed by atoms with E-state index in [9.17, 15) is 24.9 Å². The van der Waals surface area contributed by atoms with Crippen LogP contribution in [-0.2, 0) is 9.59 Å². The normalized spacial score (nSPS) is 19.1. The predicted molar refractivity (Wildman–Crippen MR) is 213 cm³/mol. The van der Waals surface area contributed by atoms with Crippen LogP contribution >= 0.6 is 15.9 Å². The number of carbonyl (C=O) groups excluding carboxylic acids is 2. The molecule has 0 bridgehead atoms. The predicted octanol–water partition coefficient (Wildman–Crippen LogP) is 8.17. The van der Waals surface area contributed by atoms with Crippen molar-refractivity contribution in [3.63, 3.8) is 0 Å². The third-order valence-corrected chi connectivity index (χ3v) is 10.6. The van der Waals surface area contributed by atoms with E-state index in [2.05, 4.69) is 26.2 Å². The minimum atomic E-state index is -1.08. The average molecular weight is 787 g/mol. The molecule has 4 aromatic carbocycles. The van der Waals surface area contributed by atoms with Gasteiger partial charge in [-0.1, -0.05) is 58.4 Å². The zero-order valence-corrected chi connectivity index (χ0v) is 31.0. The van der Waals surface area contributed by atoms with Gasteiger partial charge in [-0.05, 0) is 121 Å². The number of benzene rings is 4. The monoisotopic (exact) mass is 785 g/mol. The third kappa shape index (κ3) is 8.01. The summed E-state index contributed by atoms with van der Waals surface area (Å²) in [7, 11) is 0. The van der Waals surface area contributed by atoms with Crippen LogP contribution in [0.15, 0.2) is 143 Å². The summed E-state index contributed by atoms with van der Waals surface area (Å²) in [6.07, 6.45) is 3.23. The highest BCUT2D eigenvalue weighted by Gasteiger charge is 2.55. The molecular weight excluding hydrogens is 746 g/mol. The molecule has 2 aliphatic rings. The minimum absolute atomic E-state index is 0.0757. The summed E-state index contributed by atoms with van der Waals surface area (Å²) in [5.41, 5.74) is 5.41. The Morgan fingerprint density at radius 2 is 1.61 bits per heavy atom. The number of aromatic nitrogens is 1. The van der Waals surface area contributed by atoms with Crippen LogP contribution < -0.4 is 15.0 Å². The molecule has 5 aromatic rings. The maximum Gasteiger partial charge on any atom is 0.238 e. The molecule has 10 heteroatoms. The highest BCUT2D eigenvalue weighted by atomic mass is 79.9. The van der Waals surface area contributed by atoms with Crippen molar-refractivity contribution in [3.8, 4) is 11.5 Å². The summed E-state index contributed by atoms with van der Waals surface area (Å²) >= 11 is 3.48. The van der Waals surface area contributed by atoms with Gasteiger partial charge < -0.3 is 25.4 Å². The second-order valence-corrected chi connectivity index (χ2v) is 14.4. The molecule has 1 aliphatic carbocycles. The lowest BCUT2D eigenvalue weighted by atomic mass is 9.68. The largest absolute Gasteiger partial charge is 0.507 e. The van der Waals surface area contributed by atoms with Crippen molar-refractivity contribution in [3.05, 3.63) is 154 Å². The minimum Gasteiger partial charge on any atom is -0.507 e.